The number of ether oxygens (including phenoxy) is 1. The normalized spacial score (nSPS) is 30.8. The number of thioether (sulfide) groups is 1. The fourth-order valence-electron chi connectivity index (χ4n) is 1.91. The Morgan fingerprint density at radius 3 is 3.15 bits per heavy atom. The van der Waals surface area contributed by atoms with E-state index in [4.69, 9.17) is 4.74 Å². The molecule has 0 aromatic rings. The van der Waals surface area contributed by atoms with Crippen LogP contribution < -0.4 is 0 Å². The van der Waals surface area contributed by atoms with Gasteiger partial charge in [0.1, 0.15) is 0 Å². The Labute approximate surface area is 83.4 Å². The molecule has 0 saturated carbocycles. The second-order valence-corrected chi connectivity index (χ2v) is 4.89. The Hall–Kier alpha value is -0.150. The molecule has 2 nitrogen and oxygen atoms in total. The van der Waals surface area contributed by atoms with Crippen molar-refractivity contribution >= 4 is 11.8 Å². The molecule has 2 unspecified atom stereocenters. The van der Waals surface area contributed by atoms with E-state index in [2.05, 4.69) is 0 Å². The first-order chi connectivity index (χ1) is 6.38. The van der Waals surface area contributed by atoms with Gasteiger partial charge >= 0.3 is 0 Å². The van der Waals surface area contributed by atoms with E-state index in [9.17, 15) is 5.11 Å². The first-order valence-electron chi connectivity index (χ1n) is 4.94. The molecular formula is C10H16O2S. The molecule has 3 heteroatoms. The summed E-state index contributed by atoms with van der Waals surface area (Å²) in [4.78, 5) is 0. The van der Waals surface area contributed by atoms with Crippen LogP contribution in [-0.2, 0) is 4.74 Å². The summed E-state index contributed by atoms with van der Waals surface area (Å²) in [5, 5.41) is 10.0. The SMILES string of the molecule is OC(C1=COCCC1)C1CCSC1. The molecule has 2 aliphatic rings. The van der Waals surface area contributed by atoms with Crippen LogP contribution in [0.4, 0.5) is 0 Å². The molecule has 1 fully saturated rings. The van der Waals surface area contributed by atoms with Gasteiger partial charge in [-0.15, -0.1) is 0 Å². The molecule has 1 saturated heterocycles. The summed E-state index contributed by atoms with van der Waals surface area (Å²) in [6.45, 7) is 0.815. The van der Waals surface area contributed by atoms with Gasteiger partial charge in [0.15, 0.2) is 0 Å². The van der Waals surface area contributed by atoms with Crippen LogP contribution in [0.5, 0.6) is 0 Å². The summed E-state index contributed by atoms with van der Waals surface area (Å²) in [6, 6.07) is 0. The Kier molecular flexibility index (Phi) is 3.17. The van der Waals surface area contributed by atoms with Gasteiger partial charge in [-0.3, -0.25) is 0 Å². The topological polar surface area (TPSA) is 29.5 Å². The largest absolute Gasteiger partial charge is 0.501 e. The molecule has 0 aromatic carbocycles. The second-order valence-electron chi connectivity index (χ2n) is 3.74. The van der Waals surface area contributed by atoms with E-state index in [0.717, 1.165) is 37.2 Å². The number of aliphatic hydroxyl groups is 1. The molecule has 0 amide bonds. The highest BCUT2D eigenvalue weighted by Gasteiger charge is 2.27. The van der Waals surface area contributed by atoms with Gasteiger partial charge in [-0.05, 0) is 42.3 Å². The van der Waals surface area contributed by atoms with Crippen molar-refractivity contribution in [3.05, 3.63) is 11.8 Å². The lowest BCUT2D eigenvalue weighted by atomic mass is 9.93. The molecule has 13 heavy (non-hydrogen) atoms. The van der Waals surface area contributed by atoms with Crippen LogP contribution in [0.2, 0.25) is 0 Å². The number of hydrogen-bond donors (Lipinski definition) is 1. The molecule has 0 bridgehead atoms. The quantitative estimate of drug-likeness (QED) is 0.737. The minimum absolute atomic E-state index is 0.240. The van der Waals surface area contributed by atoms with Crippen LogP contribution in [0.25, 0.3) is 0 Å². The molecule has 2 heterocycles. The van der Waals surface area contributed by atoms with Crippen molar-refractivity contribution in [1.82, 2.24) is 0 Å². The molecule has 2 aliphatic heterocycles. The maximum Gasteiger partial charge on any atom is 0.0876 e. The van der Waals surface area contributed by atoms with Crippen molar-refractivity contribution in [2.24, 2.45) is 5.92 Å². The van der Waals surface area contributed by atoms with Crippen molar-refractivity contribution in [2.45, 2.75) is 25.4 Å². The third kappa shape index (κ3) is 2.20. The van der Waals surface area contributed by atoms with Gasteiger partial charge in [0.2, 0.25) is 0 Å². The van der Waals surface area contributed by atoms with E-state index >= 15 is 0 Å². The highest BCUT2D eigenvalue weighted by Crippen LogP contribution is 2.31. The molecule has 0 radical (unpaired) electrons. The van der Waals surface area contributed by atoms with Crippen LogP contribution in [0.1, 0.15) is 19.3 Å². The highest BCUT2D eigenvalue weighted by molar-refractivity contribution is 7.99. The summed E-state index contributed by atoms with van der Waals surface area (Å²) in [5.74, 6) is 2.78. The Morgan fingerprint density at radius 1 is 1.62 bits per heavy atom. The zero-order valence-corrected chi connectivity index (χ0v) is 8.55. The van der Waals surface area contributed by atoms with E-state index in [1.807, 2.05) is 11.8 Å². The molecule has 0 aliphatic carbocycles. The standard InChI is InChI=1S/C10H16O2S/c11-10(9-3-5-13-7-9)8-2-1-4-12-6-8/h6,9-11H,1-5,7H2. The van der Waals surface area contributed by atoms with Gasteiger partial charge in [-0.1, -0.05) is 0 Å². The molecule has 2 atom stereocenters. The number of hydrogen-bond acceptors (Lipinski definition) is 3. The predicted octanol–water partition coefficient (Wildman–Crippen LogP) is 1.79. The fraction of sp³-hybridized carbons (Fsp3) is 0.800. The summed E-state index contributed by atoms with van der Waals surface area (Å²) in [7, 11) is 0. The smallest absolute Gasteiger partial charge is 0.0876 e. The Morgan fingerprint density at radius 2 is 2.54 bits per heavy atom. The third-order valence-corrected chi connectivity index (χ3v) is 3.94. The second kappa shape index (κ2) is 4.38. The molecule has 0 spiro atoms. The van der Waals surface area contributed by atoms with Crippen LogP contribution in [0, 0.1) is 5.92 Å². The van der Waals surface area contributed by atoms with Crippen LogP contribution in [0.15, 0.2) is 11.8 Å². The zero-order chi connectivity index (χ0) is 9.10. The highest BCUT2D eigenvalue weighted by atomic mass is 32.2. The lowest BCUT2D eigenvalue weighted by Gasteiger charge is -2.22. The van der Waals surface area contributed by atoms with Gasteiger partial charge < -0.3 is 9.84 Å². The molecule has 0 aromatic heterocycles. The van der Waals surface area contributed by atoms with Crippen molar-refractivity contribution in [3.8, 4) is 0 Å². The zero-order valence-electron chi connectivity index (χ0n) is 7.74. The monoisotopic (exact) mass is 200 g/mol. The van der Waals surface area contributed by atoms with Crippen molar-refractivity contribution < 1.29 is 9.84 Å². The van der Waals surface area contributed by atoms with Crippen molar-refractivity contribution in [1.29, 1.82) is 0 Å². The third-order valence-electron chi connectivity index (χ3n) is 2.75. The van der Waals surface area contributed by atoms with Gasteiger partial charge in [0.25, 0.3) is 0 Å². The summed E-state index contributed by atoms with van der Waals surface area (Å²) < 4.78 is 5.23. The molecule has 74 valence electrons. The number of aliphatic hydroxyl groups excluding tert-OH is 1. The molecular weight excluding hydrogens is 184 g/mol. The minimum atomic E-state index is -0.240. The summed E-state index contributed by atoms with van der Waals surface area (Å²) in [5.41, 5.74) is 1.11. The average molecular weight is 200 g/mol. The summed E-state index contributed by atoms with van der Waals surface area (Å²) in [6.07, 6.45) is 4.76. The average Bonchev–Trinajstić information content (AvgIpc) is 2.71. The lowest BCUT2D eigenvalue weighted by molar-refractivity contribution is 0.130. The molecule has 1 N–H and O–H groups in total. The van der Waals surface area contributed by atoms with Gasteiger partial charge in [0, 0.05) is 0 Å². The Balaban J connectivity index is 1.94. The van der Waals surface area contributed by atoms with Crippen LogP contribution in [-0.4, -0.2) is 29.3 Å². The maximum absolute atomic E-state index is 10.0. The van der Waals surface area contributed by atoms with E-state index in [0.29, 0.717) is 5.92 Å². The number of rotatable bonds is 2. The van der Waals surface area contributed by atoms with Gasteiger partial charge in [-0.25, -0.2) is 0 Å². The van der Waals surface area contributed by atoms with Crippen molar-refractivity contribution in [2.75, 3.05) is 18.1 Å². The van der Waals surface area contributed by atoms with Crippen LogP contribution in [0.3, 0.4) is 0 Å². The van der Waals surface area contributed by atoms with Crippen LogP contribution >= 0.6 is 11.8 Å². The lowest BCUT2D eigenvalue weighted by Crippen LogP contribution is -2.24. The first kappa shape index (κ1) is 9.41. The minimum Gasteiger partial charge on any atom is -0.501 e. The predicted molar refractivity (Wildman–Crippen MR) is 54.7 cm³/mol. The van der Waals surface area contributed by atoms with E-state index < -0.39 is 0 Å². The van der Waals surface area contributed by atoms with Gasteiger partial charge in [0.05, 0.1) is 19.0 Å². The first-order valence-corrected chi connectivity index (χ1v) is 6.10. The maximum atomic E-state index is 10.0. The van der Waals surface area contributed by atoms with Gasteiger partial charge in [-0.2, -0.15) is 11.8 Å². The van der Waals surface area contributed by atoms with E-state index in [-0.39, 0.29) is 6.10 Å². The summed E-state index contributed by atoms with van der Waals surface area (Å²) >= 11 is 1.95. The Bertz CT molecular complexity index is 197. The van der Waals surface area contributed by atoms with E-state index in [1.54, 1.807) is 6.26 Å². The van der Waals surface area contributed by atoms with E-state index in [1.165, 1.54) is 5.75 Å². The van der Waals surface area contributed by atoms with Crippen molar-refractivity contribution in [3.63, 3.8) is 0 Å². The fourth-order valence-corrected chi connectivity index (χ4v) is 3.19. The molecule has 2 rings (SSSR count).